The highest BCUT2D eigenvalue weighted by molar-refractivity contribution is 5.46. The third-order valence-corrected chi connectivity index (χ3v) is 5.12. The first kappa shape index (κ1) is 16.7. The molecule has 0 saturated carbocycles. The highest BCUT2D eigenvalue weighted by Gasteiger charge is 2.31. The number of rotatable bonds is 3. The fourth-order valence-electron chi connectivity index (χ4n) is 3.84. The molecule has 26 heavy (non-hydrogen) atoms. The molecule has 0 aromatic heterocycles. The Hall–Kier alpha value is -2.78. The molecule has 1 N–H and O–H groups in total. The number of hydrogen-bond acceptors (Lipinski definition) is 3. The molecule has 3 heteroatoms. The lowest BCUT2D eigenvalue weighted by molar-refractivity contribution is 0.111. The highest BCUT2D eigenvalue weighted by atomic mass is 16.5. The van der Waals surface area contributed by atoms with Crippen LogP contribution in [0.3, 0.4) is 0 Å². The van der Waals surface area contributed by atoms with Gasteiger partial charge in [-0.2, -0.15) is 0 Å². The van der Waals surface area contributed by atoms with Crippen molar-refractivity contribution < 1.29 is 14.6 Å². The van der Waals surface area contributed by atoms with Gasteiger partial charge in [-0.1, -0.05) is 48.5 Å². The quantitative estimate of drug-likeness (QED) is 0.737. The molecule has 0 radical (unpaired) electrons. The zero-order valence-corrected chi connectivity index (χ0v) is 14.8. The average Bonchev–Trinajstić information content (AvgIpc) is 2.88. The molecule has 0 spiro atoms. The summed E-state index contributed by atoms with van der Waals surface area (Å²) in [7, 11) is 1.68. The molecule has 3 nitrogen and oxygen atoms in total. The van der Waals surface area contributed by atoms with E-state index in [2.05, 4.69) is 36.4 Å². The molecule has 0 fully saturated rings. The Kier molecular flexibility index (Phi) is 4.63. The Morgan fingerprint density at radius 2 is 1.69 bits per heavy atom. The zero-order chi connectivity index (χ0) is 17.9. The molecule has 0 bridgehead atoms. The van der Waals surface area contributed by atoms with Gasteiger partial charge in [-0.15, -0.1) is 0 Å². The van der Waals surface area contributed by atoms with Gasteiger partial charge in [0.1, 0.15) is 11.5 Å². The van der Waals surface area contributed by atoms with Gasteiger partial charge in [0.25, 0.3) is 0 Å². The van der Waals surface area contributed by atoms with Gasteiger partial charge < -0.3 is 14.6 Å². The zero-order valence-electron chi connectivity index (χ0n) is 14.8. The number of fused-ring (bicyclic) bond motifs is 1. The number of ether oxygens (including phenoxy) is 2. The minimum atomic E-state index is 0.169. The van der Waals surface area contributed by atoms with Crippen LogP contribution >= 0.6 is 0 Å². The molecule has 0 amide bonds. The fourth-order valence-corrected chi connectivity index (χ4v) is 3.84. The molecule has 1 aliphatic rings. The Labute approximate surface area is 153 Å². The first-order chi connectivity index (χ1) is 12.8. The summed E-state index contributed by atoms with van der Waals surface area (Å²) in [4.78, 5) is 0. The van der Waals surface area contributed by atoms with E-state index in [0.717, 1.165) is 11.3 Å². The molecular weight excluding hydrogens is 324 g/mol. The Balaban J connectivity index is 1.84. The van der Waals surface area contributed by atoms with Crippen LogP contribution in [0.2, 0.25) is 0 Å². The Morgan fingerprint density at radius 3 is 2.42 bits per heavy atom. The number of methoxy groups -OCH3 is 1. The van der Waals surface area contributed by atoms with Crippen LogP contribution in [-0.4, -0.2) is 18.8 Å². The van der Waals surface area contributed by atoms with Crippen molar-refractivity contribution in [3.63, 3.8) is 0 Å². The maximum Gasteiger partial charge on any atom is 0.118 e. The van der Waals surface area contributed by atoms with Crippen molar-refractivity contribution in [3.05, 3.63) is 95.1 Å². The van der Waals surface area contributed by atoms with Crippen LogP contribution in [0, 0.1) is 0 Å². The normalized spacial score (nSPS) is 19.4. The van der Waals surface area contributed by atoms with E-state index in [1.54, 1.807) is 13.2 Å². The first-order valence-corrected chi connectivity index (χ1v) is 8.84. The van der Waals surface area contributed by atoms with Crippen molar-refractivity contribution in [3.8, 4) is 11.5 Å². The van der Waals surface area contributed by atoms with Gasteiger partial charge in [0.2, 0.25) is 0 Å². The van der Waals surface area contributed by atoms with Gasteiger partial charge in [-0.25, -0.2) is 0 Å². The predicted octanol–water partition coefficient (Wildman–Crippen LogP) is 4.85. The minimum Gasteiger partial charge on any atom is -0.508 e. The third kappa shape index (κ3) is 3.18. The van der Waals surface area contributed by atoms with Crippen molar-refractivity contribution in [2.45, 2.75) is 18.4 Å². The van der Waals surface area contributed by atoms with Gasteiger partial charge in [0, 0.05) is 11.8 Å². The van der Waals surface area contributed by atoms with E-state index < -0.39 is 0 Å². The molecule has 0 aliphatic carbocycles. The monoisotopic (exact) mass is 346 g/mol. The maximum absolute atomic E-state index is 9.91. The summed E-state index contributed by atoms with van der Waals surface area (Å²) in [5.74, 6) is 1.49. The first-order valence-electron chi connectivity index (χ1n) is 8.84. The predicted molar refractivity (Wildman–Crippen MR) is 102 cm³/mol. The van der Waals surface area contributed by atoms with Crippen LogP contribution < -0.4 is 4.74 Å². The van der Waals surface area contributed by atoms with Crippen LogP contribution in [0.15, 0.2) is 72.8 Å². The van der Waals surface area contributed by atoms with Crippen LogP contribution in [0.1, 0.15) is 34.1 Å². The minimum absolute atomic E-state index is 0.169. The molecule has 2 atom stereocenters. The second-order valence-corrected chi connectivity index (χ2v) is 6.67. The summed E-state index contributed by atoms with van der Waals surface area (Å²) in [5, 5.41) is 9.91. The summed E-state index contributed by atoms with van der Waals surface area (Å²) in [5.41, 5.74) is 4.74. The Morgan fingerprint density at radius 1 is 0.923 bits per heavy atom. The summed E-state index contributed by atoms with van der Waals surface area (Å²) in [6.45, 7) is 1.14. The van der Waals surface area contributed by atoms with Crippen molar-refractivity contribution in [2.24, 2.45) is 0 Å². The van der Waals surface area contributed by atoms with Gasteiger partial charge >= 0.3 is 0 Å². The van der Waals surface area contributed by atoms with Gasteiger partial charge in [0.05, 0.1) is 20.3 Å². The van der Waals surface area contributed by atoms with Crippen molar-refractivity contribution in [1.29, 1.82) is 0 Å². The number of hydrogen-bond donors (Lipinski definition) is 1. The molecule has 1 heterocycles. The number of benzene rings is 3. The smallest absolute Gasteiger partial charge is 0.118 e. The second kappa shape index (κ2) is 7.22. The molecule has 3 aromatic carbocycles. The summed E-state index contributed by atoms with van der Waals surface area (Å²) in [6, 6.07) is 24.4. The lowest BCUT2D eigenvalue weighted by Crippen LogP contribution is -2.16. The lowest BCUT2D eigenvalue weighted by Gasteiger charge is -2.27. The second-order valence-electron chi connectivity index (χ2n) is 6.67. The lowest BCUT2D eigenvalue weighted by atomic mass is 9.76. The van der Waals surface area contributed by atoms with E-state index in [9.17, 15) is 5.11 Å². The van der Waals surface area contributed by atoms with E-state index in [1.165, 1.54) is 16.7 Å². The van der Waals surface area contributed by atoms with E-state index in [1.807, 2.05) is 30.3 Å². The number of phenols is 1. The largest absolute Gasteiger partial charge is 0.508 e. The van der Waals surface area contributed by atoms with Crippen LogP contribution in [-0.2, 0) is 11.3 Å². The molecule has 4 rings (SSSR count). The van der Waals surface area contributed by atoms with Crippen molar-refractivity contribution >= 4 is 0 Å². The van der Waals surface area contributed by atoms with Crippen molar-refractivity contribution in [1.82, 2.24) is 0 Å². The van der Waals surface area contributed by atoms with E-state index in [0.29, 0.717) is 13.2 Å². The van der Waals surface area contributed by atoms with Crippen molar-refractivity contribution in [2.75, 3.05) is 13.7 Å². The number of phenolic OH excluding ortho intramolecular Hbond substituents is 1. The number of aromatic hydroxyl groups is 1. The highest BCUT2D eigenvalue weighted by Crippen LogP contribution is 2.43. The molecule has 132 valence electrons. The molecule has 3 aromatic rings. The third-order valence-electron chi connectivity index (χ3n) is 5.12. The van der Waals surface area contributed by atoms with Crippen LogP contribution in [0.5, 0.6) is 11.5 Å². The van der Waals surface area contributed by atoms with Gasteiger partial charge in [-0.05, 0) is 46.5 Å². The van der Waals surface area contributed by atoms with E-state index in [4.69, 9.17) is 9.47 Å². The Bertz CT molecular complexity index is 872. The summed E-state index contributed by atoms with van der Waals surface area (Å²) >= 11 is 0. The van der Waals surface area contributed by atoms with Gasteiger partial charge in [-0.3, -0.25) is 0 Å². The average molecular weight is 346 g/mol. The summed E-state index contributed by atoms with van der Waals surface area (Å²) < 4.78 is 11.3. The molecule has 0 saturated heterocycles. The standard InChI is InChI=1S/C23H22O3/c1-25-20-10-7-16(8-11-20)22-15-26-14-18-13-19(24)9-12-21(18)23(22)17-5-3-2-4-6-17/h2-13,22-24H,14-15H2,1H3. The van der Waals surface area contributed by atoms with Gasteiger partial charge in [0.15, 0.2) is 0 Å². The van der Waals surface area contributed by atoms with E-state index >= 15 is 0 Å². The SMILES string of the molecule is COc1ccc(C2COCc3cc(O)ccc3C2c2ccccc2)cc1. The van der Waals surface area contributed by atoms with Crippen LogP contribution in [0.4, 0.5) is 0 Å². The maximum atomic E-state index is 9.91. The van der Waals surface area contributed by atoms with Crippen LogP contribution in [0.25, 0.3) is 0 Å². The van der Waals surface area contributed by atoms with E-state index in [-0.39, 0.29) is 17.6 Å². The molecule has 1 aliphatic heterocycles. The molecular formula is C23H22O3. The fraction of sp³-hybridized carbons (Fsp3) is 0.217. The molecule has 2 unspecified atom stereocenters. The topological polar surface area (TPSA) is 38.7 Å². The summed E-state index contributed by atoms with van der Waals surface area (Å²) in [6.07, 6.45) is 0.